The summed E-state index contributed by atoms with van der Waals surface area (Å²) in [6.45, 7) is 5.38. The predicted octanol–water partition coefficient (Wildman–Crippen LogP) is 2.72. The van der Waals surface area contributed by atoms with Crippen LogP contribution in [0, 0.1) is 0 Å². The van der Waals surface area contributed by atoms with Gasteiger partial charge < -0.3 is 14.6 Å². The molecule has 0 aliphatic carbocycles. The van der Waals surface area contributed by atoms with Crippen molar-refractivity contribution >= 4 is 67.8 Å². The normalized spacial score (nSPS) is 17.5. The molecule has 8 nitrogen and oxygen atoms in total. The van der Waals surface area contributed by atoms with Gasteiger partial charge in [0.25, 0.3) is 10.0 Å². The van der Waals surface area contributed by atoms with Crippen molar-refractivity contribution in [1.29, 1.82) is 0 Å². The van der Waals surface area contributed by atoms with E-state index in [4.69, 9.17) is 28.6 Å². The molecule has 0 amide bonds. The molecule has 3 rings (SSSR count). The van der Waals surface area contributed by atoms with Gasteiger partial charge in [-0.25, -0.2) is 0 Å². The van der Waals surface area contributed by atoms with Gasteiger partial charge in [0, 0.05) is 19.7 Å². The molecule has 1 fully saturated rings. The second-order valence-corrected chi connectivity index (χ2v) is 10.7. The Kier molecular flexibility index (Phi) is 8.20. The van der Waals surface area contributed by atoms with Crippen LogP contribution in [-0.2, 0) is 21.3 Å². The van der Waals surface area contributed by atoms with Crippen LogP contribution in [0.3, 0.4) is 0 Å². The quantitative estimate of drug-likeness (QED) is 0.248. The minimum Gasteiger partial charge on any atom is -0.376 e. The summed E-state index contributed by atoms with van der Waals surface area (Å²) in [6.07, 6.45) is 5.31. The molecule has 1 unspecified atom stereocenters. The highest BCUT2D eigenvalue weighted by Crippen LogP contribution is 2.20. The fraction of sp³-hybridized carbons (Fsp3) is 0.353. The van der Waals surface area contributed by atoms with Crippen molar-refractivity contribution in [3.8, 4) is 0 Å². The fourth-order valence-corrected chi connectivity index (χ4v) is 6.18. The van der Waals surface area contributed by atoms with Gasteiger partial charge in [0.05, 0.1) is 17.2 Å². The summed E-state index contributed by atoms with van der Waals surface area (Å²) in [5.74, 6) is 0. The molecule has 2 aromatic rings. The summed E-state index contributed by atoms with van der Waals surface area (Å²) >= 11 is 13.8. The molecule has 0 aromatic carbocycles. The van der Waals surface area contributed by atoms with Gasteiger partial charge in [-0.15, -0.1) is 22.3 Å². The summed E-state index contributed by atoms with van der Waals surface area (Å²) in [7, 11) is -3.83. The average molecular weight is 506 g/mol. The van der Waals surface area contributed by atoms with Crippen molar-refractivity contribution < 1.29 is 13.2 Å². The molecular formula is C17H20ClN5O3S4. The van der Waals surface area contributed by atoms with Crippen LogP contribution in [0.1, 0.15) is 17.7 Å². The van der Waals surface area contributed by atoms with E-state index in [2.05, 4.69) is 26.8 Å². The molecule has 1 aliphatic rings. The van der Waals surface area contributed by atoms with Crippen LogP contribution in [0.15, 0.2) is 43.9 Å². The number of hydrazone groups is 1. The van der Waals surface area contributed by atoms with E-state index in [0.717, 1.165) is 42.1 Å². The van der Waals surface area contributed by atoms with E-state index >= 15 is 0 Å². The molecule has 13 heteroatoms. The van der Waals surface area contributed by atoms with Crippen molar-refractivity contribution in [2.75, 3.05) is 13.2 Å². The standard InChI is InChI=1S/C17H20ClN5O3S4/c1-2-7-23-15(18)13(11-20-21-16(27)19-10-12-5-3-8-26-12)29-17(23)22-30(24,25)14-6-4-9-28-14/h2,4,6,9,11-12H,1,3,5,7-8,10H2,(H2,19,21,27)/b20-11+,22-17+. The molecule has 1 atom stereocenters. The number of thiocarbonyl (C=S) groups is 1. The van der Waals surface area contributed by atoms with E-state index in [1.54, 1.807) is 22.1 Å². The average Bonchev–Trinajstić information content (AvgIpc) is 3.46. The molecule has 0 bridgehead atoms. The zero-order valence-electron chi connectivity index (χ0n) is 15.8. The number of nitrogens with one attached hydrogen (secondary N) is 2. The number of aromatic nitrogens is 1. The topological polar surface area (TPSA) is 97.1 Å². The van der Waals surface area contributed by atoms with Crippen LogP contribution in [-0.4, -0.2) is 43.6 Å². The minimum atomic E-state index is -3.83. The molecule has 1 saturated heterocycles. The summed E-state index contributed by atoms with van der Waals surface area (Å²) in [5.41, 5.74) is 2.72. The number of ether oxygens (including phenoxy) is 1. The smallest absolute Gasteiger partial charge is 0.294 e. The molecule has 1 aliphatic heterocycles. The number of hydrogen-bond donors (Lipinski definition) is 2. The molecule has 0 spiro atoms. The van der Waals surface area contributed by atoms with Crippen LogP contribution < -0.4 is 15.5 Å². The van der Waals surface area contributed by atoms with Crippen molar-refractivity contribution in [2.24, 2.45) is 9.50 Å². The molecule has 2 aromatic heterocycles. The Morgan fingerprint density at radius 3 is 3.03 bits per heavy atom. The van der Waals surface area contributed by atoms with Gasteiger partial charge in [0.1, 0.15) is 9.36 Å². The second kappa shape index (κ2) is 10.6. The van der Waals surface area contributed by atoms with E-state index in [1.807, 2.05) is 0 Å². The van der Waals surface area contributed by atoms with Gasteiger partial charge in [0.15, 0.2) is 5.11 Å². The minimum absolute atomic E-state index is 0.160. The van der Waals surface area contributed by atoms with E-state index in [1.165, 1.54) is 12.3 Å². The first-order chi connectivity index (χ1) is 14.4. The Morgan fingerprint density at radius 2 is 2.37 bits per heavy atom. The SMILES string of the molecule is C=CCn1c(Cl)c(/C=N/NC(=S)NCC2CCCO2)s/c1=N/S(=O)(=O)c1cccs1. The van der Waals surface area contributed by atoms with Gasteiger partial charge in [0.2, 0.25) is 4.80 Å². The molecule has 30 heavy (non-hydrogen) atoms. The zero-order chi connectivity index (χ0) is 21.6. The lowest BCUT2D eigenvalue weighted by Crippen LogP contribution is -2.37. The number of thiophene rings is 1. The highest BCUT2D eigenvalue weighted by atomic mass is 35.5. The van der Waals surface area contributed by atoms with Crippen LogP contribution in [0.25, 0.3) is 0 Å². The molecule has 0 saturated carbocycles. The predicted molar refractivity (Wildman–Crippen MR) is 125 cm³/mol. The first-order valence-electron chi connectivity index (χ1n) is 8.94. The summed E-state index contributed by atoms with van der Waals surface area (Å²) < 4.78 is 36.2. The van der Waals surface area contributed by atoms with Gasteiger partial charge in [-0.1, -0.05) is 35.1 Å². The molecule has 0 radical (unpaired) electrons. The third-order valence-corrected chi connectivity index (χ3v) is 8.52. The lowest BCUT2D eigenvalue weighted by Gasteiger charge is -2.11. The van der Waals surface area contributed by atoms with Crippen LogP contribution >= 0.6 is 46.5 Å². The van der Waals surface area contributed by atoms with E-state index in [9.17, 15) is 8.42 Å². The van der Waals surface area contributed by atoms with Crippen molar-refractivity contribution in [3.63, 3.8) is 0 Å². The summed E-state index contributed by atoms with van der Waals surface area (Å²) in [4.78, 5) is 0.766. The summed E-state index contributed by atoms with van der Waals surface area (Å²) in [5, 5.41) is 9.48. The number of halogens is 1. The lowest BCUT2D eigenvalue weighted by atomic mass is 10.2. The van der Waals surface area contributed by atoms with E-state index in [0.29, 0.717) is 28.2 Å². The van der Waals surface area contributed by atoms with Crippen molar-refractivity contribution in [2.45, 2.75) is 29.7 Å². The third-order valence-electron chi connectivity index (χ3n) is 3.99. The number of thiazole rings is 1. The highest BCUT2D eigenvalue weighted by Gasteiger charge is 2.17. The van der Waals surface area contributed by atoms with Crippen molar-refractivity contribution in [1.82, 2.24) is 15.3 Å². The first kappa shape index (κ1) is 23.1. The maximum absolute atomic E-state index is 12.5. The monoisotopic (exact) mass is 505 g/mol. The largest absolute Gasteiger partial charge is 0.376 e. The first-order valence-corrected chi connectivity index (χ1v) is 12.9. The zero-order valence-corrected chi connectivity index (χ0v) is 19.8. The highest BCUT2D eigenvalue weighted by molar-refractivity contribution is 7.92. The Bertz CT molecular complexity index is 1080. The maximum atomic E-state index is 12.5. The number of sulfonamides is 1. The van der Waals surface area contributed by atoms with Crippen LogP contribution in [0.5, 0.6) is 0 Å². The number of allylic oxidation sites excluding steroid dienone is 1. The number of nitrogens with zero attached hydrogens (tertiary/aromatic N) is 3. The van der Waals surface area contributed by atoms with Gasteiger partial charge in [-0.05, 0) is 36.5 Å². The van der Waals surface area contributed by atoms with Crippen LogP contribution in [0.4, 0.5) is 0 Å². The van der Waals surface area contributed by atoms with Crippen molar-refractivity contribution in [3.05, 3.63) is 45.0 Å². The summed E-state index contributed by atoms with van der Waals surface area (Å²) in [6, 6.07) is 3.17. The molecule has 2 N–H and O–H groups in total. The Morgan fingerprint density at radius 1 is 1.53 bits per heavy atom. The molecule has 3 heterocycles. The lowest BCUT2D eigenvalue weighted by molar-refractivity contribution is 0.114. The van der Waals surface area contributed by atoms with E-state index in [-0.39, 0.29) is 15.1 Å². The van der Waals surface area contributed by atoms with E-state index < -0.39 is 10.0 Å². The van der Waals surface area contributed by atoms with Gasteiger partial charge >= 0.3 is 0 Å². The van der Waals surface area contributed by atoms with Gasteiger partial charge in [-0.3, -0.25) is 5.43 Å². The number of rotatable bonds is 8. The second-order valence-electron chi connectivity index (χ2n) is 6.15. The number of hydrogen-bond acceptors (Lipinski definition) is 7. The van der Waals surface area contributed by atoms with Gasteiger partial charge in [-0.2, -0.15) is 13.5 Å². The maximum Gasteiger partial charge on any atom is 0.294 e. The third kappa shape index (κ3) is 5.99. The Hall–Kier alpha value is -1.57. The molecule has 162 valence electrons. The molecular weight excluding hydrogens is 486 g/mol. The Balaban J connectivity index is 1.74. The van der Waals surface area contributed by atoms with Crippen LogP contribution in [0.2, 0.25) is 5.15 Å². The Labute approximate surface area is 193 Å². The fourth-order valence-electron chi connectivity index (χ4n) is 2.61.